The monoisotopic (exact) mass is 256 g/mol. The summed E-state index contributed by atoms with van der Waals surface area (Å²) in [7, 11) is 0. The lowest BCUT2D eigenvalue weighted by atomic mass is 10.2. The Morgan fingerprint density at radius 2 is 2.05 bits per heavy atom. The third-order valence-corrected chi connectivity index (χ3v) is 2.72. The largest absolute Gasteiger partial charge is 0.463 e. The van der Waals surface area contributed by atoms with Crippen LogP contribution in [0.4, 0.5) is 4.39 Å². The predicted octanol–water partition coefficient (Wildman–Crippen LogP) is 3.08. The van der Waals surface area contributed by atoms with E-state index in [-0.39, 0.29) is 5.69 Å². The zero-order chi connectivity index (χ0) is 13.2. The van der Waals surface area contributed by atoms with Crippen LogP contribution in [0.2, 0.25) is 0 Å². The predicted molar refractivity (Wildman–Crippen MR) is 66.6 cm³/mol. The Morgan fingerprint density at radius 1 is 1.21 bits per heavy atom. The van der Waals surface area contributed by atoms with Gasteiger partial charge in [-0.1, -0.05) is 12.1 Å². The van der Waals surface area contributed by atoms with E-state index in [2.05, 4.69) is 5.10 Å². The number of halogens is 1. The molecule has 0 unspecified atom stereocenters. The fourth-order valence-electron chi connectivity index (χ4n) is 1.84. The van der Waals surface area contributed by atoms with Crippen LogP contribution in [0.1, 0.15) is 10.4 Å². The summed E-state index contributed by atoms with van der Waals surface area (Å²) < 4.78 is 20.2. The Kier molecular flexibility index (Phi) is 2.72. The Hall–Kier alpha value is -2.69. The van der Waals surface area contributed by atoms with Gasteiger partial charge in [0.25, 0.3) is 0 Å². The minimum atomic E-state index is -0.409. The number of hydrogen-bond donors (Lipinski definition) is 0. The molecule has 0 saturated carbocycles. The van der Waals surface area contributed by atoms with Gasteiger partial charge in [-0.05, 0) is 24.3 Å². The van der Waals surface area contributed by atoms with E-state index in [0.29, 0.717) is 23.3 Å². The van der Waals surface area contributed by atoms with E-state index in [1.807, 2.05) is 0 Å². The molecule has 5 heteroatoms. The van der Waals surface area contributed by atoms with Crippen molar-refractivity contribution in [1.82, 2.24) is 9.78 Å². The summed E-state index contributed by atoms with van der Waals surface area (Å²) in [6, 6.07) is 9.61. The average molecular weight is 256 g/mol. The second kappa shape index (κ2) is 4.53. The van der Waals surface area contributed by atoms with E-state index in [1.165, 1.54) is 23.2 Å². The molecule has 0 radical (unpaired) electrons. The molecule has 2 heterocycles. The Balaban J connectivity index is 2.15. The molecule has 0 saturated heterocycles. The molecule has 0 aliphatic heterocycles. The fourth-order valence-corrected chi connectivity index (χ4v) is 1.84. The number of benzene rings is 1. The summed E-state index contributed by atoms with van der Waals surface area (Å²) in [5, 5.41) is 4.21. The zero-order valence-electron chi connectivity index (χ0n) is 9.79. The van der Waals surface area contributed by atoms with Crippen molar-refractivity contribution in [2.45, 2.75) is 0 Å². The molecule has 2 aromatic heterocycles. The lowest BCUT2D eigenvalue weighted by molar-refractivity contribution is 0.112. The molecular weight excluding hydrogens is 247 g/mol. The molecule has 0 amide bonds. The van der Waals surface area contributed by atoms with Crippen molar-refractivity contribution in [3.05, 3.63) is 60.2 Å². The van der Waals surface area contributed by atoms with Gasteiger partial charge in [0.1, 0.15) is 17.2 Å². The average Bonchev–Trinajstić information content (AvgIpc) is 3.08. The Bertz CT molecular complexity index is 717. The highest BCUT2D eigenvalue weighted by molar-refractivity contribution is 5.84. The van der Waals surface area contributed by atoms with Gasteiger partial charge in [-0.15, -0.1) is 0 Å². The van der Waals surface area contributed by atoms with Gasteiger partial charge in [0.2, 0.25) is 0 Å². The quantitative estimate of drug-likeness (QED) is 0.676. The van der Waals surface area contributed by atoms with Gasteiger partial charge in [0.15, 0.2) is 12.0 Å². The van der Waals surface area contributed by atoms with Gasteiger partial charge in [-0.25, -0.2) is 9.07 Å². The molecule has 94 valence electrons. The van der Waals surface area contributed by atoms with Gasteiger partial charge in [-0.2, -0.15) is 5.10 Å². The number of furan rings is 1. The van der Waals surface area contributed by atoms with E-state index >= 15 is 0 Å². The normalized spacial score (nSPS) is 10.6. The molecule has 4 nitrogen and oxygen atoms in total. The molecule has 19 heavy (non-hydrogen) atoms. The summed E-state index contributed by atoms with van der Waals surface area (Å²) in [5.41, 5.74) is 1.02. The number of nitrogens with zero attached hydrogens (tertiary/aromatic N) is 2. The van der Waals surface area contributed by atoms with E-state index in [4.69, 9.17) is 4.42 Å². The molecule has 0 N–H and O–H groups in total. The summed E-state index contributed by atoms with van der Waals surface area (Å²) in [5.74, 6) is 0.0608. The Labute approximate surface area is 108 Å². The highest BCUT2D eigenvalue weighted by Crippen LogP contribution is 2.23. The van der Waals surface area contributed by atoms with Gasteiger partial charge in [-0.3, -0.25) is 4.79 Å². The maximum absolute atomic E-state index is 13.7. The molecule has 3 rings (SSSR count). The second-order valence-electron chi connectivity index (χ2n) is 3.92. The van der Waals surface area contributed by atoms with E-state index in [0.717, 1.165) is 0 Å². The van der Waals surface area contributed by atoms with Gasteiger partial charge in [0, 0.05) is 6.20 Å². The van der Waals surface area contributed by atoms with E-state index in [9.17, 15) is 9.18 Å². The van der Waals surface area contributed by atoms with Crippen molar-refractivity contribution < 1.29 is 13.6 Å². The number of carbonyl (C=O) groups excluding carboxylic acids is 1. The van der Waals surface area contributed by atoms with Crippen LogP contribution >= 0.6 is 0 Å². The molecule has 0 spiro atoms. The molecule has 0 bridgehead atoms. The van der Waals surface area contributed by atoms with Crippen LogP contribution in [0.25, 0.3) is 17.1 Å². The van der Waals surface area contributed by atoms with Crippen molar-refractivity contribution in [2.24, 2.45) is 0 Å². The summed E-state index contributed by atoms with van der Waals surface area (Å²) in [6.07, 6.45) is 3.64. The standard InChI is InChI=1S/C14H9FN2O2/c15-11-4-1-2-5-12(11)17-8-10(9-18)14(16-17)13-6-3-7-19-13/h1-9H. The van der Waals surface area contributed by atoms with Gasteiger partial charge < -0.3 is 4.42 Å². The zero-order valence-corrected chi connectivity index (χ0v) is 9.79. The topological polar surface area (TPSA) is 48.0 Å². The molecule has 3 aromatic rings. The number of aldehydes is 1. The van der Waals surface area contributed by atoms with E-state index in [1.54, 1.807) is 30.3 Å². The third-order valence-electron chi connectivity index (χ3n) is 2.72. The van der Waals surface area contributed by atoms with Crippen molar-refractivity contribution in [3.8, 4) is 17.1 Å². The lowest BCUT2D eigenvalue weighted by Gasteiger charge is -2.01. The third kappa shape index (κ3) is 1.95. The smallest absolute Gasteiger partial charge is 0.154 e. The van der Waals surface area contributed by atoms with Crippen LogP contribution in [-0.4, -0.2) is 16.1 Å². The number of hydrogen-bond acceptors (Lipinski definition) is 3. The second-order valence-corrected chi connectivity index (χ2v) is 3.92. The van der Waals surface area contributed by atoms with Crippen LogP contribution in [-0.2, 0) is 0 Å². The molecule has 0 aliphatic rings. The van der Waals surface area contributed by atoms with Gasteiger partial charge in [0.05, 0.1) is 11.8 Å². The minimum Gasteiger partial charge on any atom is -0.463 e. The lowest BCUT2D eigenvalue weighted by Crippen LogP contribution is -1.97. The van der Waals surface area contributed by atoms with Crippen molar-refractivity contribution in [1.29, 1.82) is 0 Å². The molecule has 1 aromatic carbocycles. The van der Waals surface area contributed by atoms with Crippen molar-refractivity contribution >= 4 is 6.29 Å². The fraction of sp³-hybridized carbons (Fsp3) is 0. The van der Waals surface area contributed by atoms with Crippen molar-refractivity contribution in [2.75, 3.05) is 0 Å². The number of aromatic nitrogens is 2. The van der Waals surface area contributed by atoms with Crippen LogP contribution in [0.5, 0.6) is 0 Å². The first-order valence-electron chi connectivity index (χ1n) is 5.63. The van der Waals surface area contributed by atoms with Crippen LogP contribution in [0.15, 0.2) is 53.3 Å². The molecule has 0 aliphatic carbocycles. The summed E-state index contributed by atoms with van der Waals surface area (Å²) in [6.45, 7) is 0. The highest BCUT2D eigenvalue weighted by Gasteiger charge is 2.15. The summed E-state index contributed by atoms with van der Waals surface area (Å²) in [4.78, 5) is 11.1. The van der Waals surface area contributed by atoms with Crippen LogP contribution in [0, 0.1) is 5.82 Å². The number of carbonyl (C=O) groups is 1. The van der Waals surface area contributed by atoms with Gasteiger partial charge >= 0.3 is 0 Å². The molecular formula is C14H9FN2O2. The first-order valence-corrected chi connectivity index (χ1v) is 5.63. The first kappa shape index (κ1) is 11.4. The number of para-hydroxylation sites is 1. The van der Waals surface area contributed by atoms with E-state index < -0.39 is 5.82 Å². The summed E-state index contributed by atoms with van der Waals surface area (Å²) >= 11 is 0. The molecule has 0 fully saturated rings. The SMILES string of the molecule is O=Cc1cn(-c2ccccc2F)nc1-c1ccco1. The first-order chi connectivity index (χ1) is 9.29. The molecule has 0 atom stereocenters. The van der Waals surface area contributed by atoms with Crippen LogP contribution in [0.3, 0.4) is 0 Å². The maximum atomic E-state index is 13.7. The van der Waals surface area contributed by atoms with Crippen LogP contribution < -0.4 is 0 Å². The Morgan fingerprint density at radius 3 is 2.74 bits per heavy atom. The number of rotatable bonds is 3. The maximum Gasteiger partial charge on any atom is 0.154 e. The highest BCUT2D eigenvalue weighted by atomic mass is 19.1. The minimum absolute atomic E-state index is 0.281. The van der Waals surface area contributed by atoms with Crippen molar-refractivity contribution in [3.63, 3.8) is 0 Å².